The molecule has 1 fully saturated rings. The average Bonchev–Trinajstić information content (AvgIpc) is 2.79. The predicted molar refractivity (Wildman–Crippen MR) is 33.0 cm³/mol. The fourth-order valence-electron chi connectivity index (χ4n) is 0.557. The van der Waals surface area contributed by atoms with E-state index in [0.717, 1.165) is 5.48 Å². The zero-order chi connectivity index (χ0) is 10.1. The van der Waals surface area contributed by atoms with Gasteiger partial charge in [0.2, 0.25) is 0 Å². The minimum atomic E-state index is -5.02. The van der Waals surface area contributed by atoms with Crippen LogP contribution in [0.15, 0.2) is 0 Å². The molecule has 1 saturated carbocycles. The molecule has 4 nitrogen and oxygen atoms in total. The van der Waals surface area contributed by atoms with Crippen LogP contribution >= 0.6 is 0 Å². The van der Waals surface area contributed by atoms with E-state index in [9.17, 15) is 22.8 Å². The van der Waals surface area contributed by atoms with Gasteiger partial charge in [-0.25, -0.2) is 4.79 Å². The molecule has 0 aromatic carbocycles. The number of carbonyl (C=O) groups excluding carboxylic acids is 2. The second kappa shape index (κ2) is 3.23. The molecule has 1 aliphatic carbocycles. The lowest BCUT2D eigenvalue weighted by atomic mass is 10.4. The number of amides is 1. The maximum atomic E-state index is 11.5. The van der Waals surface area contributed by atoms with Gasteiger partial charge >= 0.3 is 18.1 Å². The van der Waals surface area contributed by atoms with Crippen LogP contribution in [-0.2, 0) is 14.4 Å². The van der Waals surface area contributed by atoms with Gasteiger partial charge in [-0.2, -0.15) is 18.7 Å². The number of carbonyl (C=O) groups is 2. The second-order valence-electron chi connectivity index (χ2n) is 2.62. The smallest absolute Gasteiger partial charge is 0.340 e. The summed E-state index contributed by atoms with van der Waals surface area (Å²) in [6, 6.07) is 0. The highest BCUT2D eigenvalue weighted by atomic mass is 19.4. The SMILES string of the molecule is O=C(ONC(=O)C(F)(F)F)C1CC1. The summed E-state index contributed by atoms with van der Waals surface area (Å²) in [5.41, 5.74) is 1.03. The molecule has 1 N–H and O–H groups in total. The summed E-state index contributed by atoms with van der Waals surface area (Å²) in [5.74, 6) is -3.45. The van der Waals surface area contributed by atoms with Crippen molar-refractivity contribution >= 4 is 11.9 Å². The number of hydrogen-bond donors (Lipinski definition) is 1. The molecule has 0 aliphatic heterocycles. The van der Waals surface area contributed by atoms with E-state index in [2.05, 4.69) is 4.84 Å². The first-order valence-corrected chi connectivity index (χ1v) is 3.49. The zero-order valence-corrected chi connectivity index (χ0v) is 6.35. The molecule has 1 rings (SSSR count). The van der Waals surface area contributed by atoms with Gasteiger partial charge in [-0.1, -0.05) is 0 Å². The van der Waals surface area contributed by atoms with Gasteiger partial charge in [0.25, 0.3) is 0 Å². The van der Waals surface area contributed by atoms with Gasteiger partial charge in [-0.3, -0.25) is 4.79 Å². The first-order chi connectivity index (χ1) is 5.91. The highest BCUT2D eigenvalue weighted by Crippen LogP contribution is 2.29. The first-order valence-electron chi connectivity index (χ1n) is 3.49. The molecule has 0 bridgehead atoms. The van der Waals surface area contributed by atoms with Crippen molar-refractivity contribution in [1.29, 1.82) is 0 Å². The van der Waals surface area contributed by atoms with Crippen LogP contribution < -0.4 is 5.48 Å². The summed E-state index contributed by atoms with van der Waals surface area (Å²) < 4.78 is 34.5. The average molecular weight is 197 g/mol. The van der Waals surface area contributed by atoms with Gasteiger partial charge in [0.05, 0.1) is 5.92 Å². The lowest BCUT2D eigenvalue weighted by Crippen LogP contribution is -2.38. The van der Waals surface area contributed by atoms with Crippen molar-refractivity contribution < 1.29 is 27.6 Å². The normalized spacial score (nSPS) is 16.5. The summed E-state index contributed by atoms with van der Waals surface area (Å²) >= 11 is 0. The van der Waals surface area contributed by atoms with Crippen molar-refractivity contribution in [2.24, 2.45) is 5.92 Å². The zero-order valence-electron chi connectivity index (χ0n) is 6.35. The Morgan fingerprint density at radius 2 is 1.85 bits per heavy atom. The largest absolute Gasteiger partial charge is 0.474 e. The first kappa shape index (κ1) is 9.82. The monoisotopic (exact) mass is 197 g/mol. The standard InChI is InChI=1S/C6H6F3NO3/c7-6(8,9)5(12)10-13-4(11)3-1-2-3/h3H,1-2H2,(H,10,12). The van der Waals surface area contributed by atoms with Crippen LogP contribution in [-0.4, -0.2) is 18.1 Å². The van der Waals surface area contributed by atoms with E-state index in [1.165, 1.54) is 0 Å². The third kappa shape index (κ3) is 2.92. The molecule has 0 aromatic heterocycles. The van der Waals surface area contributed by atoms with E-state index in [1.807, 2.05) is 0 Å². The lowest BCUT2D eigenvalue weighted by Gasteiger charge is -2.06. The number of hydrogen-bond acceptors (Lipinski definition) is 3. The quantitative estimate of drug-likeness (QED) is 0.624. The molecule has 1 amide bonds. The van der Waals surface area contributed by atoms with Gasteiger partial charge in [0.1, 0.15) is 0 Å². The fraction of sp³-hybridized carbons (Fsp3) is 0.667. The van der Waals surface area contributed by atoms with Crippen LogP contribution in [0, 0.1) is 5.92 Å². The highest BCUT2D eigenvalue weighted by Gasteiger charge is 2.40. The van der Waals surface area contributed by atoms with E-state index < -0.39 is 18.1 Å². The molecular weight excluding hydrogens is 191 g/mol. The van der Waals surface area contributed by atoms with Crippen molar-refractivity contribution in [3.8, 4) is 0 Å². The topological polar surface area (TPSA) is 55.4 Å². The number of hydroxylamine groups is 1. The van der Waals surface area contributed by atoms with Gasteiger partial charge < -0.3 is 4.84 Å². The molecular formula is C6H6F3NO3. The van der Waals surface area contributed by atoms with Crippen molar-refractivity contribution in [2.75, 3.05) is 0 Å². The van der Waals surface area contributed by atoms with E-state index in [1.54, 1.807) is 0 Å². The van der Waals surface area contributed by atoms with Gasteiger partial charge in [-0.05, 0) is 12.8 Å². The number of rotatable bonds is 1. The maximum Gasteiger partial charge on any atom is 0.474 e. The number of nitrogens with one attached hydrogen (secondary N) is 1. The molecule has 1 aliphatic rings. The van der Waals surface area contributed by atoms with Gasteiger partial charge in [-0.15, -0.1) is 0 Å². The molecule has 0 aromatic rings. The fourth-order valence-corrected chi connectivity index (χ4v) is 0.557. The van der Waals surface area contributed by atoms with Gasteiger partial charge in [0, 0.05) is 0 Å². The molecule has 0 spiro atoms. The second-order valence-corrected chi connectivity index (χ2v) is 2.62. The summed E-state index contributed by atoms with van der Waals surface area (Å²) in [6.45, 7) is 0. The Balaban J connectivity index is 2.25. The van der Waals surface area contributed by atoms with Crippen LogP contribution in [0.2, 0.25) is 0 Å². The van der Waals surface area contributed by atoms with Crippen LogP contribution in [0.5, 0.6) is 0 Å². The van der Waals surface area contributed by atoms with E-state index in [-0.39, 0.29) is 5.92 Å². The molecule has 13 heavy (non-hydrogen) atoms. The Kier molecular flexibility index (Phi) is 2.44. The Morgan fingerprint density at radius 1 is 1.31 bits per heavy atom. The van der Waals surface area contributed by atoms with Crippen molar-refractivity contribution in [2.45, 2.75) is 19.0 Å². The summed E-state index contributed by atoms with van der Waals surface area (Å²) in [7, 11) is 0. The van der Waals surface area contributed by atoms with Crippen molar-refractivity contribution in [3.05, 3.63) is 0 Å². The Bertz CT molecular complexity index is 234. The Hall–Kier alpha value is -1.27. The molecule has 0 unspecified atom stereocenters. The van der Waals surface area contributed by atoms with Crippen LogP contribution in [0.25, 0.3) is 0 Å². The molecule has 0 radical (unpaired) electrons. The van der Waals surface area contributed by atoms with Crippen molar-refractivity contribution in [1.82, 2.24) is 5.48 Å². The lowest BCUT2D eigenvalue weighted by molar-refractivity contribution is -0.189. The molecule has 74 valence electrons. The predicted octanol–water partition coefficient (Wildman–Crippen LogP) is 0.533. The summed E-state index contributed by atoms with van der Waals surface area (Å²) in [5, 5.41) is 0. The summed E-state index contributed by atoms with van der Waals surface area (Å²) in [4.78, 5) is 24.6. The van der Waals surface area contributed by atoms with E-state index in [0.29, 0.717) is 12.8 Å². The summed E-state index contributed by atoms with van der Waals surface area (Å²) in [6.07, 6.45) is -3.83. The van der Waals surface area contributed by atoms with Crippen LogP contribution in [0.3, 0.4) is 0 Å². The van der Waals surface area contributed by atoms with Crippen molar-refractivity contribution in [3.63, 3.8) is 0 Å². The Morgan fingerprint density at radius 3 is 2.23 bits per heavy atom. The third-order valence-corrected chi connectivity index (χ3v) is 1.41. The highest BCUT2D eigenvalue weighted by molar-refractivity contribution is 5.83. The third-order valence-electron chi connectivity index (χ3n) is 1.41. The Labute approximate surface area is 71.0 Å². The minimum absolute atomic E-state index is 0.353. The minimum Gasteiger partial charge on any atom is -0.340 e. The molecule has 0 atom stereocenters. The number of alkyl halides is 3. The van der Waals surface area contributed by atoms with E-state index >= 15 is 0 Å². The maximum absolute atomic E-state index is 11.5. The molecule has 0 heterocycles. The van der Waals surface area contributed by atoms with Gasteiger partial charge in [0.15, 0.2) is 0 Å². The molecule has 7 heteroatoms. The van der Waals surface area contributed by atoms with Crippen LogP contribution in [0.4, 0.5) is 13.2 Å². The van der Waals surface area contributed by atoms with E-state index in [4.69, 9.17) is 0 Å². The van der Waals surface area contributed by atoms with Crippen LogP contribution in [0.1, 0.15) is 12.8 Å². The number of halogens is 3. The molecule has 0 saturated heterocycles.